The van der Waals surface area contributed by atoms with Crippen molar-refractivity contribution >= 4 is 52.2 Å². The highest BCUT2D eigenvalue weighted by Gasteiger charge is 2.36. The van der Waals surface area contributed by atoms with Crippen LogP contribution in [0.4, 0.5) is 11.5 Å². The van der Waals surface area contributed by atoms with Crippen molar-refractivity contribution in [3.63, 3.8) is 0 Å². The molecule has 0 saturated carbocycles. The van der Waals surface area contributed by atoms with Gasteiger partial charge in [-0.1, -0.05) is 40.9 Å². The topological polar surface area (TPSA) is 53.4 Å². The number of nitrogens with one attached hydrogen (secondary N) is 1. The predicted molar refractivity (Wildman–Crippen MR) is 133 cm³/mol. The predicted octanol–water partition coefficient (Wildman–Crippen LogP) is 5.48. The summed E-state index contributed by atoms with van der Waals surface area (Å²) in [6, 6.07) is 14.8. The summed E-state index contributed by atoms with van der Waals surface area (Å²) in [7, 11) is 0. The zero-order chi connectivity index (χ0) is 23.1. The first-order valence-electron chi connectivity index (χ1n) is 10.7. The summed E-state index contributed by atoms with van der Waals surface area (Å²) < 4.78 is 1.82. The Bertz CT molecular complexity index is 1230. The lowest BCUT2D eigenvalue weighted by atomic mass is 9.94. The van der Waals surface area contributed by atoms with Gasteiger partial charge in [-0.05, 0) is 48.9 Å². The van der Waals surface area contributed by atoms with Crippen LogP contribution >= 0.6 is 34.8 Å². The van der Waals surface area contributed by atoms with E-state index in [2.05, 4.69) is 15.3 Å². The summed E-state index contributed by atoms with van der Waals surface area (Å²) in [6.45, 7) is 4.67. The molecule has 6 nitrogen and oxygen atoms in total. The minimum atomic E-state index is -0.396. The van der Waals surface area contributed by atoms with E-state index < -0.39 is 6.04 Å². The van der Waals surface area contributed by atoms with E-state index in [1.54, 1.807) is 12.3 Å². The maximum atomic E-state index is 13.8. The van der Waals surface area contributed by atoms with E-state index >= 15 is 0 Å². The Balaban J connectivity index is 1.42. The smallest absolute Gasteiger partial charge is 0.254 e. The molecule has 0 bridgehead atoms. The highest BCUT2D eigenvalue weighted by molar-refractivity contribution is 6.42. The lowest BCUT2D eigenvalue weighted by molar-refractivity contribution is -0.127. The molecule has 0 radical (unpaired) electrons. The Labute approximate surface area is 207 Å². The van der Waals surface area contributed by atoms with E-state index in [0.29, 0.717) is 33.7 Å². The molecule has 1 aromatic heterocycles. The highest BCUT2D eigenvalue weighted by Crippen LogP contribution is 2.38. The minimum absolute atomic E-state index is 0.00650. The van der Waals surface area contributed by atoms with E-state index in [0.717, 1.165) is 35.9 Å². The number of fused-ring (bicyclic) bond motifs is 1. The molecule has 1 N–H and O–H groups in total. The number of aromatic nitrogens is 2. The van der Waals surface area contributed by atoms with E-state index in [1.807, 2.05) is 59.0 Å². The minimum Gasteiger partial charge on any atom is -0.368 e. The van der Waals surface area contributed by atoms with Gasteiger partial charge in [-0.3, -0.25) is 4.79 Å². The summed E-state index contributed by atoms with van der Waals surface area (Å²) in [5.41, 5.74) is 3.43. The molecule has 2 aliphatic rings. The van der Waals surface area contributed by atoms with Gasteiger partial charge < -0.3 is 15.1 Å². The second-order valence-corrected chi connectivity index (χ2v) is 9.41. The van der Waals surface area contributed by atoms with Crippen molar-refractivity contribution in [2.45, 2.75) is 13.0 Å². The molecule has 170 valence electrons. The molecule has 9 heteroatoms. The van der Waals surface area contributed by atoms with Gasteiger partial charge in [0.1, 0.15) is 11.9 Å². The third kappa shape index (κ3) is 4.19. The fourth-order valence-electron chi connectivity index (χ4n) is 4.46. The zero-order valence-electron chi connectivity index (χ0n) is 17.9. The number of amides is 1. The Morgan fingerprint density at radius 2 is 1.70 bits per heavy atom. The van der Waals surface area contributed by atoms with Crippen LogP contribution in [0.15, 0.2) is 66.0 Å². The second-order valence-electron chi connectivity index (χ2n) is 8.16. The molecule has 1 fully saturated rings. The van der Waals surface area contributed by atoms with Crippen LogP contribution in [-0.4, -0.2) is 46.8 Å². The van der Waals surface area contributed by atoms with Crippen molar-refractivity contribution in [1.29, 1.82) is 0 Å². The molecule has 0 spiro atoms. The van der Waals surface area contributed by atoms with Crippen molar-refractivity contribution in [3.8, 4) is 0 Å². The van der Waals surface area contributed by atoms with Crippen LogP contribution < -0.4 is 10.2 Å². The molecule has 5 rings (SSSR count). The molecular formula is C24H22Cl3N5O. The van der Waals surface area contributed by atoms with Crippen LogP contribution in [0.2, 0.25) is 15.1 Å². The van der Waals surface area contributed by atoms with Crippen molar-refractivity contribution in [2.24, 2.45) is 0 Å². The average Bonchev–Trinajstić information content (AvgIpc) is 3.28. The fourth-order valence-corrected chi connectivity index (χ4v) is 4.90. The lowest BCUT2D eigenvalue weighted by Gasteiger charge is -2.38. The van der Waals surface area contributed by atoms with Gasteiger partial charge >= 0.3 is 0 Å². The third-order valence-corrected chi connectivity index (χ3v) is 7.15. The molecule has 1 atom stereocenters. The summed E-state index contributed by atoms with van der Waals surface area (Å²) >= 11 is 18.5. The summed E-state index contributed by atoms with van der Waals surface area (Å²) in [6.07, 6.45) is 1.72. The maximum Gasteiger partial charge on any atom is 0.254 e. The number of rotatable bonds is 3. The van der Waals surface area contributed by atoms with Crippen LogP contribution in [0.3, 0.4) is 0 Å². The van der Waals surface area contributed by atoms with Crippen molar-refractivity contribution in [1.82, 2.24) is 14.7 Å². The number of benzene rings is 2. The number of carbonyl (C=O) groups is 1. The molecule has 1 unspecified atom stereocenters. The third-order valence-electron chi connectivity index (χ3n) is 6.16. The number of anilines is 2. The molecule has 2 aromatic carbocycles. The van der Waals surface area contributed by atoms with E-state index in [1.165, 1.54) is 0 Å². The van der Waals surface area contributed by atoms with Crippen LogP contribution in [0.25, 0.3) is 0 Å². The van der Waals surface area contributed by atoms with Gasteiger partial charge in [-0.25, -0.2) is 4.68 Å². The number of nitrogens with zero attached hydrogens (tertiary/aromatic N) is 4. The molecule has 3 aromatic rings. The van der Waals surface area contributed by atoms with E-state index in [4.69, 9.17) is 34.8 Å². The Morgan fingerprint density at radius 1 is 0.970 bits per heavy atom. The van der Waals surface area contributed by atoms with Crippen LogP contribution in [-0.2, 0) is 4.79 Å². The number of carbonyl (C=O) groups excluding carboxylic acids is 1. The fraction of sp³-hybridized carbons (Fsp3) is 0.250. The van der Waals surface area contributed by atoms with E-state index in [9.17, 15) is 4.79 Å². The van der Waals surface area contributed by atoms with Gasteiger partial charge in [-0.2, -0.15) is 5.10 Å². The molecule has 1 amide bonds. The van der Waals surface area contributed by atoms with E-state index in [-0.39, 0.29) is 5.91 Å². The normalized spacial score (nSPS) is 18.2. The van der Waals surface area contributed by atoms with Gasteiger partial charge in [0.15, 0.2) is 0 Å². The van der Waals surface area contributed by atoms with Crippen LogP contribution in [0, 0.1) is 0 Å². The molecule has 2 aliphatic heterocycles. The van der Waals surface area contributed by atoms with Crippen molar-refractivity contribution in [3.05, 3.63) is 86.6 Å². The summed E-state index contributed by atoms with van der Waals surface area (Å²) in [4.78, 5) is 18.0. The van der Waals surface area contributed by atoms with Crippen LogP contribution in [0.1, 0.15) is 18.5 Å². The number of hydrogen-bond acceptors (Lipinski definition) is 4. The monoisotopic (exact) mass is 501 g/mol. The largest absolute Gasteiger partial charge is 0.368 e. The van der Waals surface area contributed by atoms with Crippen molar-refractivity contribution in [2.75, 3.05) is 36.4 Å². The molecule has 33 heavy (non-hydrogen) atoms. The van der Waals surface area contributed by atoms with Gasteiger partial charge in [0, 0.05) is 48.7 Å². The number of piperazine rings is 1. The zero-order valence-corrected chi connectivity index (χ0v) is 20.2. The average molecular weight is 503 g/mol. The first-order chi connectivity index (χ1) is 15.9. The van der Waals surface area contributed by atoms with Gasteiger partial charge in [0.25, 0.3) is 5.91 Å². The molecule has 3 heterocycles. The van der Waals surface area contributed by atoms with Crippen molar-refractivity contribution < 1.29 is 4.79 Å². The Kier molecular flexibility index (Phi) is 5.99. The molecule has 0 aliphatic carbocycles. The van der Waals surface area contributed by atoms with Gasteiger partial charge in [0.2, 0.25) is 0 Å². The summed E-state index contributed by atoms with van der Waals surface area (Å²) in [5.74, 6) is 0.820. The number of allylic oxidation sites excluding steroid dienone is 1. The Hall–Kier alpha value is -2.67. The van der Waals surface area contributed by atoms with Crippen LogP contribution in [0.5, 0.6) is 0 Å². The molecule has 1 saturated heterocycles. The lowest BCUT2D eigenvalue weighted by Crippen LogP contribution is -2.50. The maximum absolute atomic E-state index is 13.8. The highest BCUT2D eigenvalue weighted by atomic mass is 35.5. The Morgan fingerprint density at radius 3 is 2.39 bits per heavy atom. The first kappa shape index (κ1) is 22.1. The first-order valence-corrected chi connectivity index (χ1v) is 11.8. The number of hydrogen-bond donors (Lipinski definition) is 1. The summed E-state index contributed by atoms with van der Waals surface area (Å²) in [5, 5.41) is 9.45. The second kappa shape index (κ2) is 8.93. The van der Waals surface area contributed by atoms with Gasteiger partial charge in [-0.15, -0.1) is 0 Å². The molecular weight excluding hydrogens is 481 g/mol. The SMILES string of the molecule is CC1=C(C(=O)N2CCN(c3ccc(Cl)cc3)CC2)C(c2ccc(Cl)c(Cl)c2)n2nccc2N1. The van der Waals surface area contributed by atoms with Gasteiger partial charge in [0.05, 0.1) is 21.8 Å². The standard InChI is InChI=1S/C24H22Cl3N5O/c1-15-22(24(33)31-12-10-30(11-13-31)18-5-3-17(25)4-6-18)23(32-21(29-15)8-9-28-32)16-2-7-19(26)20(27)14-16/h2-9,14,23,29H,10-13H2,1H3. The number of halogens is 3. The quantitative estimate of drug-likeness (QED) is 0.515.